The molecule has 1 fully saturated rings. The smallest absolute Gasteiger partial charge is 0.147 e. The van der Waals surface area contributed by atoms with Gasteiger partial charge in [-0.3, -0.25) is 14.6 Å². The van der Waals surface area contributed by atoms with Gasteiger partial charge < -0.3 is 9.84 Å². The first-order valence-corrected chi connectivity index (χ1v) is 10.5. The van der Waals surface area contributed by atoms with Crippen molar-refractivity contribution in [1.29, 1.82) is 0 Å². The standard InChI is InChI=1S/C24H32N2O3/c1-20-7-11-24(12-8-20)29-19-23(28)18-26-15-13-25(14-16-26)17-22(27)10-9-21-5-3-2-4-6-21/h2-8,11-12,23,28H,9-10,13-19H2,1H3/t23-/m0/s1. The molecule has 1 heterocycles. The molecule has 1 atom stereocenters. The van der Waals surface area contributed by atoms with Crippen LogP contribution in [-0.4, -0.2) is 72.7 Å². The van der Waals surface area contributed by atoms with Crippen LogP contribution in [0.4, 0.5) is 0 Å². The maximum Gasteiger partial charge on any atom is 0.147 e. The van der Waals surface area contributed by atoms with Crippen LogP contribution >= 0.6 is 0 Å². The number of rotatable bonds is 10. The topological polar surface area (TPSA) is 53.0 Å². The van der Waals surface area contributed by atoms with E-state index in [2.05, 4.69) is 21.9 Å². The van der Waals surface area contributed by atoms with Crippen molar-refractivity contribution in [2.75, 3.05) is 45.9 Å². The van der Waals surface area contributed by atoms with E-state index in [0.29, 0.717) is 31.9 Å². The highest BCUT2D eigenvalue weighted by atomic mass is 16.5. The van der Waals surface area contributed by atoms with Gasteiger partial charge in [-0.2, -0.15) is 0 Å². The Morgan fingerprint density at radius 1 is 1.00 bits per heavy atom. The van der Waals surface area contributed by atoms with E-state index in [4.69, 9.17) is 4.74 Å². The third kappa shape index (κ3) is 7.61. The Labute approximate surface area is 173 Å². The van der Waals surface area contributed by atoms with Gasteiger partial charge in [0.25, 0.3) is 0 Å². The number of carbonyl (C=O) groups is 1. The summed E-state index contributed by atoms with van der Waals surface area (Å²) in [6.45, 7) is 6.92. The Morgan fingerprint density at radius 3 is 2.34 bits per heavy atom. The number of aliphatic hydroxyl groups excluding tert-OH is 1. The molecule has 5 heteroatoms. The molecule has 1 aliphatic rings. The summed E-state index contributed by atoms with van der Waals surface area (Å²) < 4.78 is 5.67. The number of Topliss-reactive ketones (excluding diaryl/α,β-unsaturated/α-hetero) is 1. The van der Waals surface area contributed by atoms with Crippen LogP contribution < -0.4 is 4.74 Å². The fourth-order valence-corrected chi connectivity index (χ4v) is 3.56. The van der Waals surface area contributed by atoms with Gasteiger partial charge >= 0.3 is 0 Å². The number of ketones is 1. The minimum atomic E-state index is -0.518. The van der Waals surface area contributed by atoms with Gasteiger partial charge in [-0.05, 0) is 31.0 Å². The number of carbonyl (C=O) groups excluding carboxylic acids is 1. The summed E-state index contributed by atoms with van der Waals surface area (Å²) in [6.07, 6.45) is 0.891. The molecule has 0 amide bonds. The van der Waals surface area contributed by atoms with Crippen LogP contribution in [0.2, 0.25) is 0 Å². The van der Waals surface area contributed by atoms with E-state index >= 15 is 0 Å². The van der Waals surface area contributed by atoms with Crippen LogP contribution in [0.3, 0.4) is 0 Å². The fraction of sp³-hybridized carbons (Fsp3) is 0.458. The average Bonchev–Trinajstić information content (AvgIpc) is 2.74. The zero-order chi connectivity index (χ0) is 20.5. The third-order valence-corrected chi connectivity index (χ3v) is 5.33. The van der Waals surface area contributed by atoms with Crippen molar-refractivity contribution in [2.24, 2.45) is 0 Å². The molecular formula is C24H32N2O3. The lowest BCUT2D eigenvalue weighted by Gasteiger charge is -2.35. The van der Waals surface area contributed by atoms with E-state index in [1.165, 1.54) is 11.1 Å². The first-order chi connectivity index (χ1) is 14.1. The van der Waals surface area contributed by atoms with Crippen molar-refractivity contribution in [2.45, 2.75) is 25.9 Å². The van der Waals surface area contributed by atoms with Gasteiger partial charge in [-0.1, -0.05) is 48.0 Å². The Kier molecular flexibility index (Phi) is 8.23. The number of hydrogen-bond donors (Lipinski definition) is 1. The monoisotopic (exact) mass is 396 g/mol. The predicted molar refractivity (Wildman–Crippen MR) is 115 cm³/mol. The summed E-state index contributed by atoms with van der Waals surface area (Å²) in [7, 11) is 0. The Bertz CT molecular complexity index is 740. The van der Waals surface area contributed by atoms with E-state index in [1.54, 1.807) is 0 Å². The Morgan fingerprint density at radius 2 is 1.66 bits per heavy atom. The van der Waals surface area contributed by atoms with Crippen molar-refractivity contribution in [1.82, 2.24) is 9.80 Å². The maximum absolute atomic E-state index is 12.3. The van der Waals surface area contributed by atoms with Crippen LogP contribution in [0.5, 0.6) is 5.75 Å². The number of aliphatic hydroxyl groups is 1. The van der Waals surface area contributed by atoms with Gasteiger partial charge in [0.05, 0.1) is 6.54 Å². The molecule has 0 unspecified atom stereocenters. The normalized spacial score (nSPS) is 16.5. The summed E-state index contributed by atoms with van der Waals surface area (Å²) in [6, 6.07) is 18.0. The van der Waals surface area contributed by atoms with E-state index in [1.807, 2.05) is 49.4 Å². The first kappa shape index (κ1) is 21.5. The number of aryl methyl sites for hydroxylation is 2. The van der Waals surface area contributed by atoms with Gasteiger partial charge in [-0.25, -0.2) is 0 Å². The lowest BCUT2D eigenvalue weighted by molar-refractivity contribution is -0.120. The first-order valence-electron chi connectivity index (χ1n) is 10.5. The van der Waals surface area contributed by atoms with Crippen molar-refractivity contribution < 1.29 is 14.6 Å². The second kappa shape index (κ2) is 11.1. The zero-order valence-corrected chi connectivity index (χ0v) is 17.3. The summed E-state index contributed by atoms with van der Waals surface area (Å²) in [5.74, 6) is 1.09. The Hall–Kier alpha value is -2.21. The van der Waals surface area contributed by atoms with Crippen molar-refractivity contribution in [3.8, 4) is 5.75 Å². The second-order valence-electron chi connectivity index (χ2n) is 7.88. The average molecular weight is 397 g/mol. The van der Waals surface area contributed by atoms with Crippen molar-refractivity contribution >= 4 is 5.78 Å². The minimum Gasteiger partial charge on any atom is -0.491 e. The number of β-amino-alcohol motifs (C(OH)–C–C–N with tert-alkyl or cyclic N) is 1. The molecule has 2 aromatic carbocycles. The Balaban J connectivity index is 1.30. The van der Waals surface area contributed by atoms with E-state index in [0.717, 1.165) is 38.3 Å². The lowest BCUT2D eigenvalue weighted by atomic mass is 10.1. The highest BCUT2D eigenvalue weighted by Crippen LogP contribution is 2.12. The summed E-state index contributed by atoms with van der Waals surface area (Å²) in [5, 5.41) is 10.3. The molecule has 0 aliphatic carbocycles. The molecule has 1 aliphatic heterocycles. The molecule has 0 radical (unpaired) electrons. The highest BCUT2D eigenvalue weighted by molar-refractivity contribution is 5.80. The number of ether oxygens (including phenoxy) is 1. The molecule has 3 rings (SSSR count). The number of hydrogen-bond acceptors (Lipinski definition) is 5. The van der Waals surface area contributed by atoms with Crippen molar-refractivity contribution in [3.05, 3.63) is 65.7 Å². The van der Waals surface area contributed by atoms with Crippen LogP contribution in [0.25, 0.3) is 0 Å². The minimum absolute atomic E-state index is 0.293. The molecule has 156 valence electrons. The molecule has 1 N–H and O–H groups in total. The van der Waals surface area contributed by atoms with Gasteiger partial charge in [0.15, 0.2) is 0 Å². The molecule has 0 spiro atoms. The van der Waals surface area contributed by atoms with Crippen molar-refractivity contribution in [3.63, 3.8) is 0 Å². The van der Waals surface area contributed by atoms with Crippen LogP contribution in [-0.2, 0) is 11.2 Å². The third-order valence-electron chi connectivity index (χ3n) is 5.33. The molecule has 2 aromatic rings. The molecule has 0 aromatic heterocycles. The number of benzene rings is 2. The highest BCUT2D eigenvalue weighted by Gasteiger charge is 2.21. The number of nitrogens with zero attached hydrogens (tertiary/aromatic N) is 2. The molecule has 29 heavy (non-hydrogen) atoms. The lowest BCUT2D eigenvalue weighted by Crippen LogP contribution is -2.50. The fourth-order valence-electron chi connectivity index (χ4n) is 3.56. The van der Waals surface area contributed by atoms with E-state index in [9.17, 15) is 9.90 Å². The van der Waals surface area contributed by atoms with E-state index in [-0.39, 0.29) is 0 Å². The van der Waals surface area contributed by atoms with Gasteiger partial charge in [0.1, 0.15) is 24.2 Å². The maximum atomic E-state index is 12.3. The molecule has 0 bridgehead atoms. The molecule has 5 nitrogen and oxygen atoms in total. The van der Waals surface area contributed by atoms with Crippen LogP contribution in [0.15, 0.2) is 54.6 Å². The summed E-state index contributed by atoms with van der Waals surface area (Å²) in [5.41, 5.74) is 2.40. The van der Waals surface area contributed by atoms with Crippen LogP contribution in [0.1, 0.15) is 17.5 Å². The largest absolute Gasteiger partial charge is 0.491 e. The molecule has 0 saturated carbocycles. The van der Waals surface area contributed by atoms with Gasteiger partial charge in [0.2, 0.25) is 0 Å². The van der Waals surface area contributed by atoms with E-state index < -0.39 is 6.10 Å². The summed E-state index contributed by atoms with van der Waals surface area (Å²) >= 11 is 0. The molecule has 1 saturated heterocycles. The second-order valence-corrected chi connectivity index (χ2v) is 7.88. The SMILES string of the molecule is Cc1ccc(OC[C@@H](O)CN2CCN(CC(=O)CCc3ccccc3)CC2)cc1. The predicted octanol–water partition coefficient (Wildman–Crippen LogP) is 2.55. The quantitative estimate of drug-likeness (QED) is 0.669. The van der Waals surface area contributed by atoms with Gasteiger partial charge in [-0.15, -0.1) is 0 Å². The van der Waals surface area contributed by atoms with Gasteiger partial charge in [0, 0.05) is 39.1 Å². The van der Waals surface area contributed by atoms with Crippen LogP contribution in [0, 0.1) is 6.92 Å². The zero-order valence-electron chi connectivity index (χ0n) is 17.3. The molecular weight excluding hydrogens is 364 g/mol. The summed E-state index contributed by atoms with van der Waals surface area (Å²) in [4.78, 5) is 16.7. The number of piperazine rings is 1.